The Hall–Kier alpha value is -6.45. The van der Waals surface area contributed by atoms with E-state index in [2.05, 4.69) is 166 Å². The highest BCUT2D eigenvalue weighted by Crippen LogP contribution is 2.56. The molecule has 2 nitrogen and oxygen atoms in total. The number of fused-ring (bicyclic) bond motifs is 9. The maximum absolute atomic E-state index is 14.6. The van der Waals surface area contributed by atoms with E-state index in [0.717, 1.165) is 73.2 Å². The van der Waals surface area contributed by atoms with Gasteiger partial charge in [0.25, 0.3) is 0 Å². The van der Waals surface area contributed by atoms with Crippen LogP contribution in [0.2, 0.25) is 0 Å². The van der Waals surface area contributed by atoms with Gasteiger partial charge in [-0.15, -0.1) is 0 Å². The molecule has 0 bridgehead atoms. The van der Waals surface area contributed by atoms with Gasteiger partial charge >= 0.3 is 0 Å². The van der Waals surface area contributed by atoms with E-state index in [9.17, 15) is 4.39 Å². The second kappa shape index (κ2) is 12.3. The molecule has 0 aliphatic heterocycles. The number of furan rings is 1. The Balaban J connectivity index is 1.03. The number of allylic oxidation sites excluding steroid dienone is 4. The van der Waals surface area contributed by atoms with Crippen molar-refractivity contribution in [3.8, 4) is 33.4 Å². The number of halogens is 1. The molecule has 1 unspecified atom stereocenters. The van der Waals surface area contributed by atoms with Crippen LogP contribution >= 0.6 is 0 Å². The van der Waals surface area contributed by atoms with Crippen LogP contribution in [0.5, 0.6) is 0 Å². The van der Waals surface area contributed by atoms with Crippen LogP contribution < -0.4 is 4.90 Å². The molecule has 0 amide bonds. The summed E-state index contributed by atoms with van der Waals surface area (Å²) in [5.74, 6) is 0.288. The van der Waals surface area contributed by atoms with Crippen LogP contribution in [0, 0.1) is 11.7 Å². The predicted octanol–water partition coefficient (Wildman–Crippen LogP) is 15.1. The van der Waals surface area contributed by atoms with Gasteiger partial charge in [0.15, 0.2) is 0 Å². The summed E-state index contributed by atoms with van der Waals surface area (Å²) in [6.07, 6.45) is 7.95. The van der Waals surface area contributed by atoms with Crippen LogP contribution in [0.25, 0.3) is 60.9 Å². The Bertz CT molecular complexity index is 2990. The number of rotatable bonds is 5. The minimum absolute atomic E-state index is 0.0769. The number of hydrogen-bond donors (Lipinski definition) is 0. The monoisotopic (exact) mass is 739 g/mol. The molecular formula is C54H42FNO. The van der Waals surface area contributed by atoms with Gasteiger partial charge in [0.05, 0.1) is 0 Å². The van der Waals surface area contributed by atoms with Gasteiger partial charge in [-0.05, 0) is 128 Å². The number of anilines is 3. The molecule has 1 aromatic heterocycles. The quantitative estimate of drug-likeness (QED) is 0.175. The van der Waals surface area contributed by atoms with Gasteiger partial charge < -0.3 is 9.32 Å². The zero-order chi connectivity index (χ0) is 38.6. The molecule has 3 aliphatic carbocycles. The normalized spacial score (nSPS) is 16.9. The van der Waals surface area contributed by atoms with Gasteiger partial charge in [0.1, 0.15) is 17.0 Å². The highest BCUT2D eigenvalue weighted by atomic mass is 19.1. The molecule has 0 fully saturated rings. The Morgan fingerprint density at radius 2 is 1.21 bits per heavy atom. The van der Waals surface area contributed by atoms with Crippen molar-refractivity contribution >= 4 is 44.6 Å². The average Bonchev–Trinajstić information content (AvgIpc) is 3.81. The Morgan fingerprint density at radius 1 is 0.579 bits per heavy atom. The smallest absolute Gasteiger partial charge is 0.143 e. The zero-order valence-corrected chi connectivity index (χ0v) is 32.6. The van der Waals surface area contributed by atoms with Crippen molar-refractivity contribution in [1.82, 2.24) is 0 Å². The third-order valence-electron chi connectivity index (χ3n) is 13.2. The summed E-state index contributed by atoms with van der Waals surface area (Å²) in [6, 6.07) is 51.3. The van der Waals surface area contributed by atoms with Crippen LogP contribution in [0.1, 0.15) is 56.4 Å². The lowest BCUT2D eigenvalue weighted by Gasteiger charge is -2.29. The van der Waals surface area contributed by atoms with E-state index in [4.69, 9.17) is 4.42 Å². The number of para-hydroxylation sites is 2. The van der Waals surface area contributed by atoms with Crippen molar-refractivity contribution in [3.05, 3.63) is 192 Å². The first-order valence-corrected chi connectivity index (χ1v) is 20.1. The average molecular weight is 740 g/mol. The first kappa shape index (κ1) is 33.9. The van der Waals surface area contributed by atoms with Gasteiger partial charge in [-0.2, -0.15) is 0 Å². The maximum atomic E-state index is 14.6. The number of benzene rings is 7. The van der Waals surface area contributed by atoms with Gasteiger partial charge in [-0.1, -0.05) is 137 Å². The van der Waals surface area contributed by atoms with Gasteiger partial charge in [0.2, 0.25) is 0 Å². The fourth-order valence-electron chi connectivity index (χ4n) is 10.2. The lowest BCUT2D eigenvalue weighted by Crippen LogP contribution is -2.23. The molecule has 1 atom stereocenters. The summed E-state index contributed by atoms with van der Waals surface area (Å²) < 4.78 is 21.0. The highest BCUT2D eigenvalue weighted by Gasteiger charge is 2.43. The summed E-state index contributed by atoms with van der Waals surface area (Å²) in [4.78, 5) is 2.35. The molecule has 276 valence electrons. The molecule has 1 heterocycles. The minimum Gasteiger partial charge on any atom is -0.455 e. The topological polar surface area (TPSA) is 16.4 Å². The van der Waals surface area contributed by atoms with E-state index in [0.29, 0.717) is 5.92 Å². The van der Waals surface area contributed by atoms with E-state index >= 15 is 0 Å². The number of nitrogens with zero attached hydrogens (tertiary/aromatic N) is 1. The fourth-order valence-corrected chi connectivity index (χ4v) is 10.2. The Morgan fingerprint density at radius 3 is 1.98 bits per heavy atom. The molecule has 8 aromatic rings. The lowest BCUT2D eigenvalue weighted by molar-refractivity contribution is 0.414. The maximum Gasteiger partial charge on any atom is 0.143 e. The van der Waals surface area contributed by atoms with Gasteiger partial charge in [-0.25, -0.2) is 4.39 Å². The zero-order valence-electron chi connectivity index (χ0n) is 32.6. The van der Waals surface area contributed by atoms with Gasteiger partial charge in [-0.3, -0.25) is 0 Å². The first-order chi connectivity index (χ1) is 27.7. The fraction of sp³-hybridized carbons (Fsp3) is 0.148. The summed E-state index contributed by atoms with van der Waals surface area (Å²) in [5, 5.41) is 2.25. The molecule has 7 aromatic carbocycles. The molecule has 3 aliphatic rings. The molecule has 0 spiro atoms. The summed E-state index contributed by atoms with van der Waals surface area (Å²) in [6.45, 7) is 9.21. The highest BCUT2D eigenvalue weighted by molar-refractivity contribution is 6.09. The Kier molecular flexibility index (Phi) is 7.29. The third-order valence-corrected chi connectivity index (χ3v) is 13.2. The minimum atomic E-state index is -0.351. The molecule has 3 heteroatoms. The van der Waals surface area contributed by atoms with E-state index in [1.165, 1.54) is 33.4 Å². The molecule has 57 heavy (non-hydrogen) atoms. The van der Waals surface area contributed by atoms with E-state index < -0.39 is 0 Å². The molecular weight excluding hydrogens is 698 g/mol. The summed E-state index contributed by atoms with van der Waals surface area (Å²) in [7, 11) is 0. The van der Waals surface area contributed by atoms with Crippen LogP contribution in [-0.4, -0.2) is 0 Å². The predicted molar refractivity (Wildman–Crippen MR) is 235 cm³/mol. The second-order valence-electron chi connectivity index (χ2n) is 17.0. The molecule has 0 radical (unpaired) electrons. The van der Waals surface area contributed by atoms with Crippen molar-refractivity contribution in [3.63, 3.8) is 0 Å². The SMILES string of the molecule is CC1(C)c2cc(F)ccc2-c2ccc(N(c3ccc(-c4cccc5c4C4=CC=CCC4C5(C)C)cc3)c3ccc(-c4cccc5c4oc4ccccc45)cc3)cc21. The van der Waals surface area contributed by atoms with Crippen LogP contribution in [-0.2, 0) is 10.8 Å². The summed E-state index contributed by atoms with van der Waals surface area (Å²) in [5.41, 5.74) is 18.1. The van der Waals surface area contributed by atoms with Crippen molar-refractivity contribution in [1.29, 1.82) is 0 Å². The Labute approximate surface area is 333 Å². The van der Waals surface area contributed by atoms with Crippen molar-refractivity contribution in [2.45, 2.75) is 44.9 Å². The van der Waals surface area contributed by atoms with Crippen LogP contribution in [0.3, 0.4) is 0 Å². The van der Waals surface area contributed by atoms with Crippen molar-refractivity contribution in [2.75, 3.05) is 4.90 Å². The molecule has 0 saturated heterocycles. The van der Waals surface area contributed by atoms with Crippen molar-refractivity contribution in [2.24, 2.45) is 5.92 Å². The van der Waals surface area contributed by atoms with E-state index in [-0.39, 0.29) is 16.6 Å². The molecule has 11 rings (SSSR count). The third kappa shape index (κ3) is 5.01. The largest absolute Gasteiger partial charge is 0.455 e. The number of hydrogen-bond acceptors (Lipinski definition) is 2. The van der Waals surface area contributed by atoms with E-state index in [1.54, 1.807) is 12.1 Å². The standard InChI is InChI=1S/C54H42FNO/c1-53(2)46-16-7-5-12-45(46)51-39(13-10-17-47(51)53)33-19-24-36(25-20-33)56(38-28-30-42-41-29-23-35(55)31-48(41)54(3,4)49(42)32-38)37-26-21-34(22-27-37)40-14-9-15-44-43-11-6-8-18-50(43)57-52(40)44/h5-15,17-32,46H,16H2,1-4H3. The second-order valence-corrected chi connectivity index (χ2v) is 17.0. The molecule has 0 saturated carbocycles. The van der Waals surface area contributed by atoms with Crippen molar-refractivity contribution < 1.29 is 8.81 Å². The summed E-state index contributed by atoms with van der Waals surface area (Å²) >= 11 is 0. The molecule has 0 N–H and O–H groups in total. The van der Waals surface area contributed by atoms with Gasteiger partial charge in [0, 0.05) is 38.8 Å². The van der Waals surface area contributed by atoms with Crippen LogP contribution in [0.4, 0.5) is 21.5 Å². The van der Waals surface area contributed by atoms with Crippen LogP contribution in [0.15, 0.2) is 168 Å². The van der Waals surface area contributed by atoms with E-state index in [1.807, 2.05) is 18.2 Å². The first-order valence-electron chi connectivity index (χ1n) is 20.1. The lowest BCUT2D eigenvalue weighted by atomic mass is 9.75.